The Kier molecular flexibility index (Phi) is 5.49. The first-order valence-electron chi connectivity index (χ1n) is 8.01. The third-order valence-electron chi connectivity index (χ3n) is 4.77. The smallest absolute Gasteiger partial charge is 0.206 e. The average Bonchev–Trinajstić information content (AvgIpc) is 2.91. The summed E-state index contributed by atoms with van der Waals surface area (Å²) in [5.74, 6) is 7.87. The number of hydrazine groups is 1. The lowest BCUT2D eigenvalue weighted by atomic mass is 9.78. The van der Waals surface area contributed by atoms with E-state index in [2.05, 4.69) is 24.6 Å². The van der Waals surface area contributed by atoms with Crippen molar-refractivity contribution in [2.75, 3.05) is 0 Å². The maximum absolute atomic E-state index is 5.65. The van der Waals surface area contributed by atoms with Gasteiger partial charge in [0.25, 0.3) is 0 Å². The molecule has 2 unspecified atom stereocenters. The van der Waals surface area contributed by atoms with Gasteiger partial charge in [0.15, 0.2) is 0 Å². The summed E-state index contributed by atoms with van der Waals surface area (Å²) in [6.07, 6.45) is 10.3. The van der Waals surface area contributed by atoms with Crippen molar-refractivity contribution in [2.45, 2.75) is 77.3 Å². The number of hydrogen-bond acceptors (Lipinski definition) is 2. The second kappa shape index (κ2) is 7.13. The van der Waals surface area contributed by atoms with Crippen LogP contribution in [0, 0.1) is 11.8 Å². The Bertz CT molecular complexity index is 295. The van der Waals surface area contributed by atoms with Crippen LogP contribution in [0.1, 0.15) is 65.2 Å². The van der Waals surface area contributed by atoms with Gasteiger partial charge in [0.05, 0.1) is 6.04 Å². The number of aliphatic imine (C=N–C) groups is 1. The minimum absolute atomic E-state index is 0.439. The minimum Gasteiger partial charge on any atom is -0.353 e. The Morgan fingerprint density at radius 3 is 2.32 bits per heavy atom. The van der Waals surface area contributed by atoms with Gasteiger partial charge in [-0.1, -0.05) is 39.5 Å². The first-order chi connectivity index (χ1) is 9.20. The molecule has 4 heteroatoms. The van der Waals surface area contributed by atoms with Crippen LogP contribution in [0.5, 0.6) is 0 Å². The maximum atomic E-state index is 5.65. The summed E-state index contributed by atoms with van der Waals surface area (Å²) in [5.41, 5.74) is 2.77. The van der Waals surface area contributed by atoms with E-state index in [1.165, 1.54) is 51.4 Å². The van der Waals surface area contributed by atoms with Crippen molar-refractivity contribution in [1.29, 1.82) is 0 Å². The third-order valence-corrected chi connectivity index (χ3v) is 4.77. The highest BCUT2D eigenvalue weighted by molar-refractivity contribution is 5.79. The molecule has 2 saturated carbocycles. The molecule has 2 aliphatic carbocycles. The molecule has 0 aromatic heterocycles. The van der Waals surface area contributed by atoms with Gasteiger partial charge in [-0.25, -0.2) is 10.8 Å². The molecule has 0 aromatic carbocycles. The van der Waals surface area contributed by atoms with Crippen LogP contribution in [-0.4, -0.2) is 18.0 Å². The second-order valence-corrected chi connectivity index (χ2v) is 6.51. The van der Waals surface area contributed by atoms with Crippen LogP contribution in [0.4, 0.5) is 0 Å². The van der Waals surface area contributed by atoms with Gasteiger partial charge in [-0.05, 0) is 37.5 Å². The molecular weight excluding hydrogens is 236 g/mol. The fourth-order valence-corrected chi connectivity index (χ4v) is 3.62. The van der Waals surface area contributed by atoms with Gasteiger partial charge >= 0.3 is 0 Å². The molecule has 2 atom stereocenters. The number of nitrogens with zero attached hydrogens (tertiary/aromatic N) is 1. The molecule has 0 amide bonds. The quantitative estimate of drug-likeness (QED) is 0.318. The number of nitrogens with two attached hydrogens (primary N) is 1. The standard InChI is InChI=1S/C15H30N4/c1-11(2)13-9-5-6-10-14(13)18-15(19-16)17-12-7-3-4-8-12/h11-14H,3-10,16H2,1-2H3,(H2,17,18,19). The Labute approximate surface area is 117 Å². The van der Waals surface area contributed by atoms with E-state index >= 15 is 0 Å². The summed E-state index contributed by atoms with van der Waals surface area (Å²) < 4.78 is 0. The van der Waals surface area contributed by atoms with E-state index in [4.69, 9.17) is 10.8 Å². The molecule has 19 heavy (non-hydrogen) atoms. The number of guanidine groups is 1. The van der Waals surface area contributed by atoms with Gasteiger partial charge in [-0.15, -0.1) is 0 Å². The molecule has 2 fully saturated rings. The van der Waals surface area contributed by atoms with E-state index in [0.717, 1.165) is 5.96 Å². The summed E-state index contributed by atoms with van der Waals surface area (Å²) in [6.45, 7) is 4.64. The molecule has 0 spiro atoms. The Morgan fingerprint density at radius 1 is 1.05 bits per heavy atom. The van der Waals surface area contributed by atoms with Crippen LogP contribution in [0.15, 0.2) is 4.99 Å². The summed E-state index contributed by atoms with van der Waals surface area (Å²) in [7, 11) is 0. The predicted molar refractivity (Wildman–Crippen MR) is 80.7 cm³/mol. The zero-order valence-corrected chi connectivity index (χ0v) is 12.5. The average molecular weight is 266 g/mol. The first-order valence-corrected chi connectivity index (χ1v) is 8.01. The predicted octanol–water partition coefficient (Wildman–Crippen LogP) is 2.55. The largest absolute Gasteiger partial charge is 0.353 e. The van der Waals surface area contributed by atoms with Crippen LogP contribution in [0.25, 0.3) is 0 Å². The molecule has 0 heterocycles. The molecule has 0 radical (unpaired) electrons. The van der Waals surface area contributed by atoms with Crippen LogP contribution in [0.3, 0.4) is 0 Å². The molecule has 2 aliphatic rings. The lowest BCUT2D eigenvalue weighted by molar-refractivity contribution is 0.240. The van der Waals surface area contributed by atoms with Crippen molar-refractivity contribution >= 4 is 5.96 Å². The van der Waals surface area contributed by atoms with Crippen LogP contribution in [-0.2, 0) is 0 Å². The van der Waals surface area contributed by atoms with E-state index < -0.39 is 0 Å². The number of nitrogens with one attached hydrogen (secondary N) is 2. The van der Waals surface area contributed by atoms with E-state index in [0.29, 0.717) is 23.9 Å². The molecule has 110 valence electrons. The minimum atomic E-state index is 0.439. The van der Waals surface area contributed by atoms with E-state index in [-0.39, 0.29) is 0 Å². The SMILES string of the molecule is CC(C)C1CCCCC1N=C(NN)NC1CCCC1. The Morgan fingerprint density at radius 2 is 1.68 bits per heavy atom. The first kappa shape index (κ1) is 14.6. The molecule has 2 rings (SSSR count). The van der Waals surface area contributed by atoms with Crippen molar-refractivity contribution in [3.05, 3.63) is 0 Å². The second-order valence-electron chi connectivity index (χ2n) is 6.51. The van der Waals surface area contributed by atoms with Crippen LogP contribution < -0.4 is 16.6 Å². The highest BCUT2D eigenvalue weighted by atomic mass is 15.3. The lowest BCUT2D eigenvalue weighted by Crippen LogP contribution is -2.47. The number of hydrogen-bond donors (Lipinski definition) is 3. The summed E-state index contributed by atoms with van der Waals surface area (Å²) in [6, 6.07) is 1.00. The molecule has 0 aliphatic heterocycles. The molecule has 0 aromatic rings. The van der Waals surface area contributed by atoms with E-state index in [1.807, 2.05) is 0 Å². The van der Waals surface area contributed by atoms with Gasteiger partial charge in [-0.3, -0.25) is 5.43 Å². The Hall–Kier alpha value is -0.770. The zero-order valence-electron chi connectivity index (χ0n) is 12.5. The third kappa shape index (κ3) is 4.10. The van der Waals surface area contributed by atoms with Crippen LogP contribution in [0.2, 0.25) is 0 Å². The lowest BCUT2D eigenvalue weighted by Gasteiger charge is -2.32. The fourth-order valence-electron chi connectivity index (χ4n) is 3.62. The Balaban J connectivity index is 1.97. The summed E-state index contributed by atoms with van der Waals surface area (Å²) in [4.78, 5) is 4.89. The maximum Gasteiger partial charge on any atom is 0.206 e. The van der Waals surface area contributed by atoms with Crippen molar-refractivity contribution < 1.29 is 0 Å². The fraction of sp³-hybridized carbons (Fsp3) is 0.933. The van der Waals surface area contributed by atoms with Crippen molar-refractivity contribution in [1.82, 2.24) is 10.7 Å². The zero-order chi connectivity index (χ0) is 13.7. The molecule has 4 nitrogen and oxygen atoms in total. The highest BCUT2D eigenvalue weighted by Crippen LogP contribution is 2.32. The molecular formula is C15H30N4. The van der Waals surface area contributed by atoms with Gasteiger partial charge in [0.1, 0.15) is 0 Å². The van der Waals surface area contributed by atoms with Gasteiger partial charge in [0.2, 0.25) is 5.96 Å². The van der Waals surface area contributed by atoms with Gasteiger partial charge < -0.3 is 5.32 Å². The summed E-state index contributed by atoms with van der Waals surface area (Å²) in [5, 5.41) is 3.49. The monoisotopic (exact) mass is 266 g/mol. The van der Waals surface area contributed by atoms with E-state index in [9.17, 15) is 0 Å². The van der Waals surface area contributed by atoms with Crippen LogP contribution >= 0.6 is 0 Å². The normalized spacial score (nSPS) is 29.8. The van der Waals surface area contributed by atoms with Crippen molar-refractivity contribution in [3.8, 4) is 0 Å². The van der Waals surface area contributed by atoms with Crippen molar-refractivity contribution in [2.24, 2.45) is 22.7 Å². The van der Waals surface area contributed by atoms with E-state index in [1.54, 1.807) is 0 Å². The van der Waals surface area contributed by atoms with Gasteiger partial charge in [-0.2, -0.15) is 0 Å². The molecule has 4 N–H and O–H groups in total. The summed E-state index contributed by atoms with van der Waals surface area (Å²) >= 11 is 0. The topological polar surface area (TPSA) is 62.4 Å². The van der Waals surface area contributed by atoms with Gasteiger partial charge in [0, 0.05) is 6.04 Å². The molecule has 0 saturated heterocycles. The van der Waals surface area contributed by atoms with Crippen molar-refractivity contribution in [3.63, 3.8) is 0 Å². The molecule has 0 bridgehead atoms. The highest BCUT2D eigenvalue weighted by Gasteiger charge is 2.28. The number of rotatable bonds is 3.